The summed E-state index contributed by atoms with van der Waals surface area (Å²) in [5.41, 5.74) is 2.08. The van der Waals surface area contributed by atoms with Crippen LogP contribution < -0.4 is 4.90 Å². The van der Waals surface area contributed by atoms with Crippen molar-refractivity contribution in [2.75, 3.05) is 18.0 Å². The van der Waals surface area contributed by atoms with Gasteiger partial charge in [-0.3, -0.25) is 14.4 Å². The first-order valence-corrected chi connectivity index (χ1v) is 10.5. The maximum atomic E-state index is 12.9. The van der Waals surface area contributed by atoms with E-state index in [1.807, 2.05) is 11.0 Å². The predicted octanol–water partition coefficient (Wildman–Crippen LogP) is 3.97. The molecule has 0 bridgehead atoms. The van der Waals surface area contributed by atoms with Gasteiger partial charge < -0.3 is 4.90 Å². The molecule has 0 spiro atoms. The van der Waals surface area contributed by atoms with Crippen LogP contribution in [0.25, 0.3) is 10.2 Å². The van der Waals surface area contributed by atoms with E-state index in [1.54, 1.807) is 36.4 Å². The summed E-state index contributed by atoms with van der Waals surface area (Å²) in [5, 5.41) is 0.336. The number of benzene rings is 2. The molecule has 1 saturated heterocycles. The smallest absolute Gasteiger partial charge is 0.268 e. The zero-order valence-electron chi connectivity index (χ0n) is 15.9. The Balaban J connectivity index is 1.45. The second-order valence-corrected chi connectivity index (χ2v) is 8.65. The van der Waals surface area contributed by atoms with Gasteiger partial charge in [-0.1, -0.05) is 30.4 Å². The molecule has 3 heterocycles. The van der Waals surface area contributed by atoms with Crippen molar-refractivity contribution in [3.63, 3.8) is 0 Å². The number of hydrogen-bond donors (Lipinski definition) is 0. The molecule has 0 unspecified atom stereocenters. The molecule has 3 amide bonds. The largest absolute Gasteiger partial charge is 0.339 e. The first kappa shape index (κ1) is 18.0. The Kier molecular flexibility index (Phi) is 4.20. The van der Waals surface area contributed by atoms with Gasteiger partial charge in [0, 0.05) is 18.7 Å². The highest BCUT2D eigenvalue weighted by atomic mass is 32.1. The standard InChI is InChI=1S/C22H19N3O3S/c1-13-8-10-24(11-9-13)19(26)14-6-7-17-18(12-14)29-22(23-17)25-20(27)15-4-2-3-5-16(15)21(25)28/h2-7,12-13H,8-11H2,1H3. The number of carbonyl (C=O) groups excluding carboxylic acids is 3. The van der Waals surface area contributed by atoms with Gasteiger partial charge in [0.2, 0.25) is 5.13 Å². The normalized spacial score (nSPS) is 17.3. The van der Waals surface area contributed by atoms with Gasteiger partial charge in [-0.05, 0) is 49.1 Å². The lowest BCUT2D eigenvalue weighted by Gasteiger charge is -2.30. The van der Waals surface area contributed by atoms with Crippen molar-refractivity contribution in [2.45, 2.75) is 19.8 Å². The highest BCUT2D eigenvalue weighted by molar-refractivity contribution is 7.22. The molecule has 3 aromatic rings. The molecule has 5 rings (SSSR count). The number of amides is 3. The zero-order chi connectivity index (χ0) is 20.1. The molecule has 1 fully saturated rings. The van der Waals surface area contributed by atoms with Crippen molar-refractivity contribution in [3.8, 4) is 0 Å². The number of imide groups is 1. The topological polar surface area (TPSA) is 70.6 Å². The Hall–Kier alpha value is -3.06. The molecule has 0 radical (unpaired) electrons. The molecule has 2 aliphatic rings. The van der Waals surface area contributed by atoms with Crippen LogP contribution in [0.15, 0.2) is 42.5 Å². The molecule has 0 N–H and O–H groups in total. The summed E-state index contributed by atoms with van der Waals surface area (Å²) in [6.45, 7) is 3.77. The van der Waals surface area contributed by atoms with Crippen molar-refractivity contribution >= 4 is 44.4 Å². The number of anilines is 1. The maximum Gasteiger partial charge on any atom is 0.268 e. The van der Waals surface area contributed by atoms with Gasteiger partial charge in [0.15, 0.2) is 0 Å². The number of thiazole rings is 1. The minimum atomic E-state index is -0.358. The van der Waals surface area contributed by atoms with Gasteiger partial charge in [0.05, 0.1) is 21.3 Å². The first-order chi connectivity index (χ1) is 14.0. The lowest BCUT2D eigenvalue weighted by Crippen LogP contribution is -2.37. The van der Waals surface area contributed by atoms with Gasteiger partial charge in [0.25, 0.3) is 17.7 Å². The van der Waals surface area contributed by atoms with E-state index in [0.29, 0.717) is 33.3 Å². The Bertz CT molecular complexity index is 1130. The third kappa shape index (κ3) is 2.93. The number of piperidine rings is 1. The van der Waals surface area contributed by atoms with Crippen LogP contribution in [0.5, 0.6) is 0 Å². The molecule has 0 atom stereocenters. The van der Waals surface area contributed by atoms with E-state index in [9.17, 15) is 14.4 Å². The van der Waals surface area contributed by atoms with Crippen molar-refractivity contribution in [1.29, 1.82) is 0 Å². The summed E-state index contributed by atoms with van der Waals surface area (Å²) in [5.74, 6) is -0.0356. The van der Waals surface area contributed by atoms with Crippen LogP contribution in [0.1, 0.15) is 50.8 Å². The molecule has 0 saturated carbocycles. The van der Waals surface area contributed by atoms with E-state index in [2.05, 4.69) is 11.9 Å². The molecular weight excluding hydrogens is 386 g/mol. The Morgan fingerprint density at radius 3 is 2.34 bits per heavy atom. The van der Waals surface area contributed by atoms with E-state index in [0.717, 1.165) is 35.5 Å². The molecule has 146 valence electrons. The minimum absolute atomic E-state index is 0.0227. The average Bonchev–Trinajstić information content (AvgIpc) is 3.26. The summed E-state index contributed by atoms with van der Waals surface area (Å²) in [4.78, 5) is 45.8. The van der Waals surface area contributed by atoms with Crippen molar-refractivity contribution < 1.29 is 14.4 Å². The fourth-order valence-electron chi connectivity index (χ4n) is 3.90. The summed E-state index contributed by atoms with van der Waals surface area (Å²) in [7, 11) is 0. The number of aromatic nitrogens is 1. The fraction of sp³-hybridized carbons (Fsp3) is 0.273. The third-order valence-corrected chi connectivity index (χ3v) is 6.68. The average molecular weight is 405 g/mol. The quantitative estimate of drug-likeness (QED) is 0.605. The molecule has 7 heteroatoms. The minimum Gasteiger partial charge on any atom is -0.339 e. The zero-order valence-corrected chi connectivity index (χ0v) is 16.7. The maximum absolute atomic E-state index is 12.9. The molecular formula is C22H19N3O3S. The van der Waals surface area contributed by atoms with Crippen LogP contribution in [0, 0.1) is 5.92 Å². The third-order valence-electron chi connectivity index (χ3n) is 5.68. The second-order valence-electron chi connectivity index (χ2n) is 7.64. The van der Waals surface area contributed by atoms with Crippen LogP contribution in [-0.2, 0) is 0 Å². The van der Waals surface area contributed by atoms with Gasteiger partial charge >= 0.3 is 0 Å². The number of carbonyl (C=O) groups is 3. The van der Waals surface area contributed by atoms with E-state index in [-0.39, 0.29) is 17.7 Å². The molecule has 6 nitrogen and oxygen atoms in total. The van der Waals surface area contributed by atoms with Gasteiger partial charge in [-0.2, -0.15) is 0 Å². The van der Waals surface area contributed by atoms with Gasteiger partial charge in [-0.15, -0.1) is 0 Å². The Morgan fingerprint density at radius 1 is 1.03 bits per heavy atom. The highest BCUT2D eigenvalue weighted by Crippen LogP contribution is 2.35. The van der Waals surface area contributed by atoms with Crippen LogP contribution in [-0.4, -0.2) is 40.7 Å². The van der Waals surface area contributed by atoms with Gasteiger partial charge in [0.1, 0.15) is 0 Å². The highest BCUT2D eigenvalue weighted by Gasteiger charge is 2.38. The number of fused-ring (bicyclic) bond motifs is 2. The van der Waals surface area contributed by atoms with Crippen LogP contribution in [0.3, 0.4) is 0 Å². The fourth-order valence-corrected chi connectivity index (χ4v) is 4.90. The van der Waals surface area contributed by atoms with E-state index in [4.69, 9.17) is 0 Å². The molecule has 29 heavy (non-hydrogen) atoms. The first-order valence-electron chi connectivity index (χ1n) is 9.70. The van der Waals surface area contributed by atoms with Crippen molar-refractivity contribution in [3.05, 3.63) is 59.2 Å². The Morgan fingerprint density at radius 2 is 1.69 bits per heavy atom. The molecule has 0 aliphatic carbocycles. The summed E-state index contributed by atoms with van der Waals surface area (Å²) < 4.78 is 0.785. The Labute approximate surface area is 171 Å². The summed E-state index contributed by atoms with van der Waals surface area (Å²) in [6.07, 6.45) is 2.05. The van der Waals surface area contributed by atoms with E-state index < -0.39 is 0 Å². The molecule has 2 aromatic carbocycles. The van der Waals surface area contributed by atoms with Crippen molar-refractivity contribution in [2.24, 2.45) is 5.92 Å². The predicted molar refractivity (Wildman–Crippen MR) is 112 cm³/mol. The monoisotopic (exact) mass is 405 g/mol. The lowest BCUT2D eigenvalue weighted by atomic mass is 9.98. The lowest BCUT2D eigenvalue weighted by molar-refractivity contribution is 0.0697. The number of nitrogens with zero attached hydrogens (tertiary/aromatic N) is 3. The second kappa shape index (κ2) is 6.77. The number of rotatable bonds is 2. The number of likely N-dealkylation sites (tertiary alicyclic amines) is 1. The van der Waals surface area contributed by atoms with Crippen LogP contribution in [0.2, 0.25) is 0 Å². The summed E-state index contributed by atoms with van der Waals surface area (Å²) in [6, 6.07) is 12.2. The SMILES string of the molecule is CC1CCN(C(=O)c2ccc3nc(N4C(=O)c5ccccc5C4=O)sc3c2)CC1. The van der Waals surface area contributed by atoms with Crippen LogP contribution in [0.4, 0.5) is 5.13 Å². The van der Waals surface area contributed by atoms with E-state index in [1.165, 1.54) is 11.3 Å². The molecule has 1 aromatic heterocycles. The van der Waals surface area contributed by atoms with Crippen LogP contribution >= 0.6 is 11.3 Å². The summed E-state index contributed by atoms with van der Waals surface area (Å²) >= 11 is 1.25. The van der Waals surface area contributed by atoms with Gasteiger partial charge in [-0.25, -0.2) is 9.88 Å². The molecule has 2 aliphatic heterocycles. The van der Waals surface area contributed by atoms with Crippen molar-refractivity contribution in [1.82, 2.24) is 9.88 Å². The number of hydrogen-bond acceptors (Lipinski definition) is 5. The van der Waals surface area contributed by atoms with E-state index >= 15 is 0 Å².